The highest BCUT2D eigenvalue weighted by Gasteiger charge is 2.29. The van der Waals surface area contributed by atoms with Gasteiger partial charge < -0.3 is 4.52 Å². The Balaban J connectivity index is 1.69. The van der Waals surface area contributed by atoms with E-state index in [0.29, 0.717) is 17.4 Å². The number of hydrogen-bond donors (Lipinski definition) is 0. The molecule has 1 unspecified atom stereocenters. The van der Waals surface area contributed by atoms with Crippen molar-refractivity contribution in [3.63, 3.8) is 0 Å². The maximum absolute atomic E-state index is 13.3. The van der Waals surface area contributed by atoms with Crippen LogP contribution in [-0.2, 0) is 13.5 Å². The number of nitrogens with zero attached hydrogens (tertiary/aromatic N) is 5. The van der Waals surface area contributed by atoms with E-state index < -0.39 is 0 Å². The van der Waals surface area contributed by atoms with Crippen molar-refractivity contribution in [2.75, 3.05) is 0 Å². The lowest BCUT2D eigenvalue weighted by atomic mass is 10.0. The van der Waals surface area contributed by atoms with Crippen LogP contribution in [-0.4, -0.2) is 25.1 Å². The zero-order valence-electron chi connectivity index (χ0n) is 11.3. The maximum Gasteiger partial charge on any atom is 0.234 e. The summed E-state index contributed by atoms with van der Waals surface area (Å²) in [5.41, 5.74) is 2.65. The van der Waals surface area contributed by atoms with Crippen molar-refractivity contribution in [2.24, 2.45) is 7.05 Å². The Hall–Kier alpha value is -2.57. The summed E-state index contributed by atoms with van der Waals surface area (Å²) in [6.45, 7) is 0. The predicted octanol–water partition coefficient (Wildman–Crippen LogP) is 2.08. The van der Waals surface area contributed by atoms with E-state index in [4.69, 9.17) is 4.52 Å². The molecule has 106 valence electrons. The first-order valence-corrected chi connectivity index (χ1v) is 6.69. The van der Waals surface area contributed by atoms with E-state index in [1.807, 2.05) is 0 Å². The van der Waals surface area contributed by atoms with E-state index in [-0.39, 0.29) is 11.7 Å². The van der Waals surface area contributed by atoms with E-state index in [1.54, 1.807) is 30.1 Å². The van der Waals surface area contributed by atoms with E-state index in [0.717, 1.165) is 24.0 Å². The molecule has 4 rings (SSSR count). The molecule has 3 aromatic rings. The highest BCUT2D eigenvalue weighted by Crippen LogP contribution is 2.37. The molecule has 0 bridgehead atoms. The number of benzene rings is 1. The van der Waals surface area contributed by atoms with Crippen molar-refractivity contribution in [3.8, 4) is 11.5 Å². The Labute approximate surface area is 119 Å². The molecule has 0 N–H and O–H groups in total. The quantitative estimate of drug-likeness (QED) is 0.721. The fourth-order valence-electron chi connectivity index (χ4n) is 2.77. The normalized spacial score (nSPS) is 17.1. The Kier molecular flexibility index (Phi) is 2.60. The summed E-state index contributed by atoms with van der Waals surface area (Å²) >= 11 is 0. The minimum atomic E-state index is -0.208. The first-order chi connectivity index (χ1) is 10.2. The van der Waals surface area contributed by atoms with Crippen molar-refractivity contribution in [2.45, 2.75) is 18.8 Å². The van der Waals surface area contributed by atoms with E-state index in [1.165, 1.54) is 6.07 Å². The maximum atomic E-state index is 13.3. The molecule has 2 heterocycles. The molecule has 21 heavy (non-hydrogen) atoms. The summed E-state index contributed by atoms with van der Waals surface area (Å²) in [5, 5.41) is 11.8. The van der Waals surface area contributed by atoms with Crippen LogP contribution in [0.4, 0.5) is 4.39 Å². The molecule has 0 fully saturated rings. The summed E-state index contributed by atoms with van der Waals surface area (Å²) in [5.74, 6) is 0.786. The third kappa shape index (κ3) is 2.01. The molecule has 1 aliphatic carbocycles. The van der Waals surface area contributed by atoms with Crippen molar-refractivity contribution in [3.05, 3.63) is 47.2 Å². The smallest absolute Gasteiger partial charge is 0.234 e. The van der Waals surface area contributed by atoms with Gasteiger partial charge in [-0.25, -0.2) is 4.39 Å². The Morgan fingerprint density at radius 1 is 1.38 bits per heavy atom. The average molecular weight is 285 g/mol. The van der Waals surface area contributed by atoms with Gasteiger partial charge in [-0.1, -0.05) is 16.4 Å². The van der Waals surface area contributed by atoms with Crippen molar-refractivity contribution < 1.29 is 8.91 Å². The predicted molar refractivity (Wildman–Crippen MR) is 70.9 cm³/mol. The van der Waals surface area contributed by atoms with Gasteiger partial charge in [-0.15, -0.1) is 5.10 Å². The minimum Gasteiger partial charge on any atom is -0.338 e. The summed E-state index contributed by atoms with van der Waals surface area (Å²) in [6.07, 6.45) is 3.40. The topological polar surface area (TPSA) is 69.6 Å². The Morgan fingerprint density at radius 2 is 2.29 bits per heavy atom. The third-order valence-corrected chi connectivity index (χ3v) is 3.75. The zero-order chi connectivity index (χ0) is 14.4. The van der Waals surface area contributed by atoms with Crippen LogP contribution < -0.4 is 0 Å². The lowest BCUT2D eigenvalue weighted by Gasteiger charge is -2.05. The second kappa shape index (κ2) is 4.47. The van der Waals surface area contributed by atoms with Gasteiger partial charge in [0.15, 0.2) is 5.69 Å². The van der Waals surface area contributed by atoms with Gasteiger partial charge in [0.2, 0.25) is 11.7 Å². The fraction of sp³-hybridized carbons (Fsp3) is 0.286. The molecular weight excluding hydrogens is 273 g/mol. The highest BCUT2D eigenvalue weighted by atomic mass is 19.1. The molecule has 1 atom stereocenters. The van der Waals surface area contributed by atoms with Crippen LogP contribution in [0.1, 0.15) is 29.4 Å². The van der Waals surface area contributed by atoms with E-state index >= 15 is 0 Å². The molecule has 0 saturated heterocycles. The molecule has 7 heteroatoms. The van der Waals surface area contributed by atoms with Crippen LogP contribution in [0.5, 0.6) is 0 Å². The number of hydrogen-bond acceptors (Lipinski definition) is 5. The number of rotatable bonds is 2. The summed E-state index contributed by atoms with van der Waals surface area (Å²) in [6, 6.07) is 4.85. The first-order valence-electron chi connectivity index (χ1n) is 6.69. The molecule has 0 amide bonds. The number of fused-ring (bicyclic) bond motifs is 1. The molecule has 0 aliphatic heterocycles. The van der Waals surface area contributed by atoms with Crippen LogP contribution in [0.25, 0.3) is 11.5 Å². The van der Waals surface area contributed by atoms with Crippen LogP contribution in [0.3, 0.4) is 0 Å². The zero-order valence-corrected chi connectivity index (χ0v) is 11.3. The van der Waals surface area contributed by atoms with Gasteiger partial charge in [0.1, 0.15) is 5.82 Å². The number of aryl methyl sites for hydroxylation is 2. The highest BCUT2D eigenvalue weighted by molar-refractivity contribution is 5.46. The monoisotopic (exact) mass is 285 g/mol. The molecule has 0 radical (unpaired) electrons. The fourth-order valence-corrected chi connectivity index (χ4v) is 2.77. The van der Waals surface area contributed by atoms with Crippen molar-refractivity contribution in [1.82, 2.24) is 25.1 Å². The number of halogens is 1. The van der Waals surface area contributed by atoms with Gasteiger partial charge in [-0.3, -0.25) is 4.68 Å². The van der Waals surface area contributed by atoms with Gasteiger partial charge in [0.05, 0.1) is 12.1 Å². The lowest BCUT2D eigenvalue weighted by Crippen LogP contribution is -1.96. The summed E-state index contributed by atoms with van der Waals surface area (Å²) in [7, 11) is 1.78. The van der Waals surface area contributed by atoms with Gasteiger partial charge in [-0.2, -0.15) is 4.98 Å². The SMILES string of the molecule is Cn1cc(-c2noc(C3CCc4cc(F)ccc43)n2)nn1. The third-order valence-electron chi connectivity index (χ3n) is 3.75. The lowest BCUT2D eigenvalue weighted by molar-refractivity contribution is 0.365. The van der Waals surface area contributed by atoms with Crippen LogP contribution in [0.15, 0.2) is 28.9 Å². The Bertz CT molecular complexity index is 809. The second-order valence-electron chi connectivity index (χ2n) is 5.17. The molecule has 1 aliphatic rings. The standard InChI is InChI=1S/C14H12FN5O/c1-20-7-12(17-19-20)13-16-14(21-18-13)11-4-2-8-6-9(15)3-5-10(8)11/h3,5-7,11H,2,4H2,1H3. The first kappa shape index (κ1) is 12.2. The molecule has 0 saturated carbocycles. The second-order valence-corrected chi connectivity index (χ2v) is 5.17. The van der Waals surface area contributed by atoms with Crippen molar-refractivity contribution >= 4 is 0 Å². The minimum absolute atomic E-state index is 0.0264. The van der Waals surface area contributed by atoms with Crippen LogP contribution >= 0.6 is 0 Å². The van der Waals surface area contributed by atoms with Crippen LogP contribution in [0, 0.1) is 5.82 Å². The average Bonchev–Trinajstić information content (AvgIpc) is 3.15. The molecule has 0 spiro atoms. The molecular formula is C14H12FN5O. The summed E-state index contributed by atoms with van der Waals surface area (Å²) in [4.78, 5) is 4.41. The summed E-state index contributed by atoms with van der Waals surface area (Å²) < 4.78 is 20.2. The largest absolute Gasteiger partial charge is 0.338 e. The number of aromatic nitrogens is 5. The van der Waals surface area contributed by atoms with E-state index in [2.05, 4.69) is 20.5 Å². The van der Waals surface area contributed by atoms with E-state index in [9.17, 15) is 4.39 Å². The van der Waals surface area contributed by atoms with Crippen molar-refractivity contribution in [1.29, 1.82) is 0 Å². The molecule has 6 nitrogen and oxygen atoms in total. The van der Waals surface area contributed by atoms with Gasteiger partial charge in [0, 0.05) is 7.05 Å². The van der Waals surface area contributed by atoms with Gasteiger partial charge >= 0.3 is 0 Å². The van der Waals surface area contributed by atoms with Crippen LogP contribution in [0.2, 0.25) is 0 Å². The van der Waals surface area contributed by atoms with Gasteiger partial charge in [0.25, 0.3) is 0 Å². The Morgan fingerprint density at radius 3 is 3.10 bits per heavy atom. The van der Waals surface area contributed by atoms with Gasteiger partial charge in [-0.05, 0) is 36.1 Å². The molecule has 1 aromatic carbocycles. The molecule has 2 aromatic heterocycles.